The van der Waals surface area contributed by atoms with Crippen molar-refractivity contribution in [3.05, 3.63) is 27.4 Å². The molecule has 1 aromatic heterocycles. The molecule has 1 aliphatic heterocycles. The van der Waals surface area contributed by atoms with Gasteiger partial charge in [0, 0.05) is 12.3 Å². The third kappa shape index (κ3) is 2.00. The first-order valence-electron chi connectivity index (χ1n) is 5.15. The first-order chi connectivity index (χ1) is 8.37. The minimum Gasteiger partial charge on any atom is -0.394 e. The van der Waals surface area contributed by atoms with Gasteiger partial charge in [-0.3, -0.25) is 20.1 Å². The van der Waals surface area contributed by atoms with Crippen LogP contribution in [0, 0.1) is 4.77 Å². The van der Waals surface area contributed by atoms with Gasteiger partial charge in [0.25, 0.3) is 5.56 Å². The Hall–Kier alpha value is -1.10. The number of aromatic nitrogens is 2. The number of nitrogens with one attached hydrogen (secondary N) is 1. The maximum atomic E-state index is 11.0. The van der Waals surface area contributed by atoms with Gasteiger partial charge in [0.2, 0.25) is 0 Å². The highest BCUT2D eigenvalue weighted by Crippen LogP contribution is 2.34. The Morgan fingerprint density at radius 1 is 1.67 bits per heavy atom. The normalized spacial score (nSPS) is 35.9. The maximum absolute atomic E-state index is 11.0. The quantitative estimate of drug-likeness (QED) is 0.305. The highest BCUT2D eigenvalue weighted by atomic mass is 32.1. The van der Waals surface area contributed by atoms with E-state index in [1.165, 1.54) is 16.8 Å². The second-order valence-corrected chi connectivity index (χ2v) is 4.45. The molecule has 100 valence electrons. The number of aliphatic hydroxyl groups is 3. The van der Waals surface area contributed by atoms with Crippen LogP contribution in [0.15, 0.2) is 17.1 Å². The average molecular weight is 275 g/mol. The third-order valence-corrected chi connectivity index (χ3v) is 3.12. The summed E-state index contributed by atoms with van der Waals surface area (Å²) < 4.78 is 6.44. The van der Waals surface area contributed by atoms with E-state index in [0.717, 1.165) is 0 Å². The van der Waals surface area contributed by atoms with Crippen molar-refractivity contribution >= 4 is 12.2 Å². The molecule has 0 aromatic carbocycles. The second-order valence-electron chi connectivity index (χ2n) is 4.06. The Kier molecular flexibility index (Phi) is 3.36. The fourth-order valence-electron chi connectivity index (χ4n) is 1.84. The number of rotatable bonds is 2. The predicted octanol–water partition coefficient (Wildman–Crippen LogP) is -2.20. The number of H-pyrrole nitrogens is 1. The SMILES string of the molecule is N[C@@]1(O)[C@H](O)[C@@H](CO)O[C@H]1n1ccc(=O)[nH]c1=S. The second kappa shape index (κ2) is 4.53. The summed E-state index contributed by atoms with van der Waals surface area (Å²) in [5.74, 6) is 0. The number of nitrogens with zero attached hydrogens (tertiary/aromatic N) is 1. The van der Waals surface area contributed by atoms with Crippen molar-refractivity contribution in [2.75, 3.05) is 6.61 Å². The van der Waals surface area contributed by atoms with Crippen LogP contribution in [0.4, 0.5) is 0 Å². The molecule has 4 atom stereocenters. The summed E-state index contributed by atoms with van der Waals surface area (Å²) in [6.45, 7) is -0.506. The molecule has 1 aromatic rings. The molecule has 1 aliphatic rings. The van der Waals surface area contributed by atoms with Gasteiger partial charge in [-0.15, -0.1) is 0 Å². The van der Waals surface area contributed by atoms with Gasteiger partial charge >= 0.3 is 0 Å². The van der Waals surface area contributed by atoms with Crippen LogP contribution in [0.3, 0.4) is 0 Å². The van der Waals surface area contributed by atoms with E-state index in [0.29, 0.717) is 0 Å². The molecule has 2 heterocycles. The summed E-state index contributed by atoms with van der Waals surface area (Å²) in [6, 6.07) is 1.17. The van der Waals surface area contributed by atoms with E-state index in [9.17, 15) is 15.0 Å². The molecule has 0 bridgehead atoms. The fourth-order valence-corrected chi connectivity index (χ4v) is 2.09. The molecule has 8 nitrogen and oxygen atoms in total. The van der Waals surface area contributed by atoms with Crippen LogP contribution in [0.1, 0.15) is 6.23 Å². The molecule has 0 saturated carbocycles. The number of aliphatic hydroxyl groups excluding tert-OH is 2. The van der Waals surface area contributed by atoms with Crippen LogP contribution >= 0.6 is 12.2 Å². The van der Waals surface area contributed by atoms with Gasteiger partial charge in [-0.05, 0) is 12.2 Å². The van der Waals surface area contributed by atoms with Crippen molar-refractivity contribution in [3.63, 3.8) is 0 Å². The lowest BCUT2D eigenvalue weighted by Gasteiger charge is -2.27. The molecule has 1 fully saturated rings. The molecule has 0 radical (unpaired) electrons. The first-order valence-corrected chi connectivity index (χ1v) is 5.56. The van der Waals surface area contributed by atoms with Gasteiger partial charge in [-0.2, -0.15) is 0 Å². The van der Waals surface area contributed by atoms with Gasteiger partial charge in [-0.25, -0.2) is 0 Å². The molecule has 9 heteroatoms. The molecule has 0 amide bonds. The number of ether oxygens (including phenoxy) is 1. The largest absolute Gasteiger partial charge is 0.394 e. The summed E-state index contributed by atoms with van der Waals surface area (Å²) >= 11 is 4.91. The van der Waals surface area contributed by atoms with Gasteiger partial charge in [0.1, 0.15) is 12.2 Å². The number of hydrogen-bond acceptors (Lipinski definition) is 7. The summed E-state index contributed by atoms with van der Waals surface area (Å²) in [5, 5.41) is 28.7. The molecule has 0 aliphatic carbocycles. The van der Waals surface area contributed by atoms with Gasteiger partial charge in [0.15, 0.2) is 16.7 Å². The highest BCUT2D eigenvalue weighted by Gasteiger charge is 2.53. The van der Waals surface area contributed by atoms with Crippen LogP contribution < -0.4 is 11.3 Å². The Balaban J connectivity index is 2.45. The molecule has 0 unspecified atom stereocenters. The van der Waals surface area contributed by atoms with Crippen LogP contribution in [-0.4, -0.2) is 49.4 Å². The van der Waals surface area contributed by atoms with Crippen molar-refractivity contribution < 1.29 is 20.1 Å². The zero-order valence-corrected chi connectivity index (χ0v) is 10.0. The minimum absolute atomic E-state index is 0.0119. The number of hydrogen-bond donors (Lipinski definition) is 5. The van der Waals surface area contributed by atoms with E-state index in [1.54, 1.807) is 0 Å². The minimum atomic E-state index is -2.12. The molecule has 2 rings (SSSR count). The fraction of sp³-hybridized carbons (Fsp3) is 0.556. The summed E-state index contributed by atoms with van der Waals surface area (Å²) in [4.78, 5) is 13.4. The molecule has 1 saturated heterocycles. The highest BCUT2D eigenvalue weighted by molar-refractivity contribution is 7.71. The molecule has 0 spiro atoms. The van der Waals surface area contributed by atoms with Crippen molar-refractivity contribution in [2.45, 2.75) is 24.2 Å². The predicted molar refractivity (Wildman–Crippen MR) is 62.0 cm³/mol. The van der Waals surface area contributed by atoms with Gasteiger partial charge in [0.05, 0.1) is 6.61 Å². The van der Waals surface area contributed by atoms with Gasteiger partial charge in [-0.1, -0.05) is 0 Å². The lowest BCUT2D eigenvalue weighted by Crippen LogP contribution is -2.54. The Morgan fingerprint density at radius 2 is 2.33 bits per heavy atom. The number of nitrogens with two attached hydrogens (primary N) is 1. The molecular formula is C9H13N3O5S. The van der Waals surface area contributed by atoms with Crippen LogP contribution in [-0.2, 0) is 4.74 Å². The van der Waals surface area contributed by atoms with Gasteiger partial charge < -0.3 is 20.1 Å². The molecular weight excluding hydrogens is 262 g/mol. The standard InChI is InChI=1S/C9H13N3O5S/c10-9(16)6(15)4(3-13)17-7(9)12-2-1-5(14)11-8(12)18/h1-2,4,6-7,13,15-16H,3,10H2,(H,11,14,18)/t4-,6-,7-,9-/m1/s1. The van der Waals surface area contributed by atoms with E-state index >= 15 is 0 Å². The van der Waals surface area contributed by atoms with E-state index in [2.05, 4.69) is 4.98 Å². The Labute approximate surface area is 106 Å². The summed E-state index contributed by atoms with van der Waals surface area (Å²) in [7, 11) is 0. The lowest BCUT2D eigenvalue weighted by atomic mass is 10.1. The summed E-state index contributed by atoms with van der Waals surface area (Å²) in [5.41, 5.74) is 3.05. The number of aromatic amines is 1. The zero-order chi connectivity index (χ0) is 13.5. The van der Waals surface area contributed by atoms with E-state index in [4.69, 9.17) is 27.8 Å². The van der Waals surface area contributed by atoms with Crippen LogP contribution in [0.5, 0.6) is 0 Å². The third-order valence-electron chi connectivity index (χ3n) is 2.81. The van der Waals surface area contributed by atoms with E-state index in [1.807, 2.05) is 0 Å². The van der Waals surface area contributed by atoms with Crippen molar-refractivity contribution in [2.24, 2.45) is 5.73 Å². The van der Waals surface area contributed by atoms with Crippen LogP contribution in [0.25, 0.3) is 0 Å². The summed E-state index contributed by atoms with van der Waals surface area (Å²) in [6.07, 6.45) is -2.41. The van der Waals surface area contributed by atoms with Crippen molar-refractivity contribution in [3.8, 4) is 0 Å². The smallest absolute Gasteiger partial charge is 0.251 e. The Bertz CT molecular complexity index is 554. The monoisotopic (exact) mass is 275 g/mol. The lowest BCUT2D eigenvalue weighted by molar-refractivity contribution is -0.106. The van der Waals surface area contributed by atoms with Crippen LogP contribution in [0.2, 0.25) is 0 Å². The van der Waals surface area contributed by atoms with Crippen molar-refractivity contribution in [1.82, 2.24) is 9.55 Å². The van der Waals surface area contributed by atoms with Crippen molar-refractivity contribution in [1.29, 1.82) is 0 Å². The molecule has 6 N–H and O–H groups in total. The maximum Gasteiger partial charge on any atom is 0.251 e. The topological polar surface area (TPSA) is 134 Å². The zero-order valence-electron chi connectivity index (χ0n) is 9.18. The van der Waals surface area contributed by atoms with E-state index in [-0.39, 0.29) is 4.77 Å². The van der Waals surface area contributed by atoms with E-state index < -0.39 is 36.3 Å². The molecule has 18 heavy (non-hydrogen) atoms. The average Bonchev–Trinajstić information content (AvgIpc) is 2.52. The Morgan fingerprint density at radius 3 is 2.83 bits per heavy atom. The first kappa shape index (κ1) is 13.3.